The van der Waals surface area contributed by atoms with E-state index in [4.69, 9.17) is 39.5 Å². The van der Waals surface area contributed by atoms with Crippen molar-refractivity contribution in [3.05, 3.63) is 0 Å². The van der Waals surface area contributed by atoms with E-state index in [2.05, 4.69) is 5.32 Å². The minimum atomic E-state index is -1.53. The van der Waals surface area contributed by atoms with Gasteiger partial charge in [-0.2, -0.15) is 0 Å². The highest BCUT2D eigenvalue weighted by Gasteiger charge is 2.44. The highest BCUT2D eigenvalue weighted by Crippen LogP contribution is 2.28. The summed E-state index contributed by atoms with van der Waals surface area (Å²) in [6.45, 7) is 7.13. The maximum absolute atomic E-state index is 11.5. The van der Waals surface area contributed by atoms with Crippen molar-refractivity contribution in [3.63, 3.8) is 0 Å². The predicted octanol–water partition coefficient (Wildman–Crippen LogP) is 0.901. The van der Waals surface area contributed by atoms with Crippen LogP contribution in [0.4, 0.5) is 0 Å². The molecule has 0 spiro atoms. The summed E-state index contributed by atoms with van der Waals surface area (Å²) in [4.78, 5) is 12.6. The number of alkyl halides is 3. The number of carbonyl (C=O) groups excluding carboxylic acids is 1. The standard InChI is InChI=1S/C11H19Cl3N2O2/c1-4-9(17)15-10(11(12,13)14)16-5-7(2)18-8(3)6-16/h7-8,10H,4-6H2,1-3H3,(H,15,17)/p+1/t7-,8+,10-/m1/s1. The van der Waals surface area contributed by atoms with Crippen molar-refractivity contribution in [2.45, 2.75) is 49.4 Å². The molecular weight excluding hydrogens is 298 g/mol. The van der Waals surface area contributed by atoms with E-state index in [1.54, 1.807) is 6.92 Å². The van der Waals surface area contributed by atoms with Crippen molar-refractivity contribution in [3.8, 4) is 0 Å². The van der Waals surface area contributed by atoms with Crippen LogP contribution in [0.5, 0.6) is 0 Å². The molecule has 0 aromatic rings. The summed E-state index contributed by atoms with van der Waals surface area (Å²) < 4.78 is 4.12. The van der Waals surface area contributed by atoms with Crippen LogP contribution in [0.1, 0.15) is 27.2 Å². The van der Waals surface area contributed by atoms with Crippen molar-refractivity contribution in [2.24, 2.45) is 0 Å². The fourth-order valence-corrected chi connectivity index (χ4v) is 2.86. The maximum atomic E-state index is 11.5. The lowest BCUT2D eigenvalue weighted by Crippen LogP contribution is -3.22. The van der Waals surface area contributed by atoms with E-state index in [1.807, 2.05) is 13.8 Å². The highest BCUT2D eigenvalue weighted by molar-refractivity contribution is 6.68. The number of morpholine rings is 1. The highest BCUT2D eigenvalue weighted by atomic mass is 35.6. The van der Waals surface area contributed by atoms with Gasteiger partial charge in [-0.25, -0.2) is 0 Å². The lowest BCUT2D eigenvalue weighted by Gasteiger charge is -2.39. The molecule has 1 rings (SSSR count). The predicted molar refractivity (Wildman–Crippen MR) is 73.2 cm³/mol. The van der Waals surface area contributed by atoms with Gasteiger partial charge in [0.25, 0.3) is 3.79 Å². The Morgan fingerprint density at radius 1 is 1.39 bits per heavy atom. The molecule has 0 aromatic carbocycles. The van der Waals surface area contributed by atoms with E-state index in [0.29, 0.717) is 19.5 Å². The molecule has 1 amide bonds. The monoisotopic (exact) mass is 317 g/mol. The molecule has 1 aliphatic rings. The average Bonchev–Trinajstić information content (AvgIpc) is 2.22. The van der Waals surface area contributed by atoms with Gasteiger partial charge in [0.2, 0.25) is 12.1 Å². The van der Waals surface area contributed by atoms with Gasteiger partial charge < -0.3 is 15.0 Å². The number of rotatable bonds is 3. The molecule has 4 nitrogen and oxygen atoms in total. The van der Waals surface area contributed by atoms with E-state index >= 15 is 0 Å². The second kappa shape index (κ2) is 6.62. The number of nitrogens with one attached hydrogen (secondary N) is 2. The first-order valence-corrected chi connectivity index (χ1v) is 7.23. The van der Waals surface area contributed by atoms with Crippen molar-refractivity contribution in [1.82, 2.24) is 5.32 Å². The molecule has 1 heterocycles. The summed E-state index contributed by atoms with van der Waals surface area (Å²) >= 11 is 18.0. The zero-order chi connectivity index (χ0) is 13.9. The molecule has 1 saturated heterocycles. The Morgan fingerprint density at radius 2 is 1.89 bits per heavy atom. The Kier molecular flexibility index (Phi) is 6.00. The number of hydrogen-bond acceptors (Lipinski definition) is 2. The van der Waals surface area contributed by atoms with Crippen LogP contribution in [0.2, 0.25) is 0 Å². The lowest BCUT2D eigenvalue weighted by molar-refractivity contribution is -0.941. The second-order valence-corrected chi connectivity index (χ2v) is 7.09. The first-order chi connectivity index (χ1) is 8.24. The molecule has 0 aliphatic carbocycles. The van der Waals surface area contributed by atoms with Gasteiger partial charge in [0.15, 0.2) is 0 Å². The van der Waals surface area contributed by atoms with E-state index in [1.165, 1.54) is 0 Å². The van der Waals surface area contributed by atoms with Gasteiger partial charge in [-0.05, 0) is 13.8 Å². The van der Waals surface area contributed by atoms with E-state index in [0.717, 1.165) is 4.90 Å². The molecule has 0 bridgehead atoms. The molecule has 1 fully saturated rings. The van der Waals surface area contributed by atoms with Crippen LogP contribution in [0.25, 0.3) is 0 Å². The first kappa shape index (κ1) is 16.3. The Balaban J connectivity index is 2.79. The Labute approximate surface area is 123 Å². The fraction of sp³-hybridized carbons (Fsp3) is 0.909. The summed E-state index contributed by atoms with van der Waals surface area (Å²) in [5, 5.41) is 2.79. The molecule has 7 heteroatoms. The number of quaternary nitrogens is 1. The third-order valence-electron chi connectivity index (χ3n) is 2.93. The van der Waals surface area contributed by atoms with Crippen molar-refractivity contribution >= 4 is 40.7 Å². The van der Waals surface area contributed by atoms with Gasteiger partial charge >= 0.3 is 0 Å². The van der Waals surface area contributed by atoms with Gasteiger partial charge in [0.05, 0.1) is 0 Å². The van der Waals surface area contributed by atoms with E-state index in [-0.39, 0.29) is 18.1 Å². The molecule has 1 aliphatic heterocycles. The van der Waals surface area contributed by atoms with Crippen LogP contribution in [0, 0.1) is 0 Å². The van der Waals surface area contributed by atoms with Crippen molar-refractivity contribution < 1.29 is 14.4 Å². The number of halogens is 3. The number of ether oxygens (including phenoxy) is 1. The van der Waals surface area contributed by atoms with Gasteiger partial charge in [-0.15, -0.1) is 0 Å². The smallest absolute Gasteiger partial charge is 0.262 e. The first-order valence-electron chi connectivity index (χ1n) is 6.10. The Bertz CT molecular complexity index is 287. The Hall–Kier alpha value is 0.260. The number of amides is 1. The average molecular weight is 319 g/mol. The van der Waals surface area contributed by atoms with Gasteiger partial charge in [0.1, 0.15) is 25.3 Å². The minimum absolute atomic E-state index is 0.0807. The van der Waals surface area contributed by atoms with E-state index in [9.17, 15) is 4.79 Å². The second-order valence-electron chi connectivity index (χ2n) is 4.72. The van der Waals surface area contributed by atoms with Gasteiger partial charge in [0, 0.05) is 6.42 Å². The molecule has 0 saturated carbocycles. The van der Waals surface area contributed by atoms with Crippen molar-refractivity contribution in [2.75, 3.05) is 13.1 Å². The van der Waals surface area contributed by atoms with E-state index < -0.39 is 9.96 Å². The normalized spacial score (nSPS) is 30.9. The lowest BCUT2D eigenvalue weighted by atomic mass is 10.2. The maximum Gasteiger partial charge on any atom is 0.262 e. The summed E-state index contributed by atoms with van der Waals surface area (Å²) in [6.07, 6.45) is -0.0235. The molecular formula is C11H20Cl3N2O2+. The molecule has 18 heavy (non-hydrogen) atoms. The Morgan fingerprint density at radius 3 is 2.28 bits per heavy atom. The van der Waals surface area contributed by atoms with Crippen LogP contribution in [-0.4, -0.2) is 41.2 Å². The van der Waals surface area contributed by atoms with Crippen LogP contribution < -0.4 is 10.2 Å². The minimum Gasteiger partial charge on any atom is -0.364 e. The molecule has 4 atom stereocenters. The molecule has 106 valence electrons. The van der Waals surface area contributed by atoms with Crippen LogP contribution in [0.15, 0.2) is 0 Å². The number of carbonyl (C=O) groups is 1. The molecule has 1 unspecified atom stereocenters. The molecule has 2 N–H and O–H groups in total. The third kappa shape index (κ3) is 4.74. The van der Waals surface area contributed by atoms with Gasteiger partial charge in [-0.1, -0.05) is 41.7 Å². The van der Waals surface area contributed by atoms with Crippen LogP contribution in [0.3, 0.4) is 0 Å². The molecule has 0 aromatic heterocycles. The number of hydrogen-bond donors (Lipinski definition) is 2. The van der Waals surface area contributed by atoms with Crippen molar-refractivity contribution in [1.29, 1.82) is 0 Å². The quantitative estimate of drug-likeness (QED) is 0.759. The summed E-state index contributed by atoms with van der Waals surface area (Å²) in [6, 6.07) is 0. The largest absolute Gasteiger partial charge is 0.364 e. The third-order valence-corrected chi connectivity index (χ3v) is 3.58. The summed E-state index contributed by atoms with van der Waals surface area (Å²) in [5.41, 5.74) is 0. The van der Waals surface area contributed by atoms with Crippen LogP contribution in [-0.2, 0) is 9.53 Å². The SMILES string of the molecule is CCC(=O)N[C@H]([NH+]1C[C@@H](C)O[C@@H](C)C1)C(Cl)(Cl)Cl. The van der Waals surface area contributed by atoms with Gasteiger partial charge in [-0.3, -0.25) is 4.79 Å². The summed E-state index contributed by atoms with van der Waals surface area (Å²) in [7, 11) is 0. The zero-order valence-electron chi connectivity index (χ0n) is 10.8. The fourth-order valence-electron chi connectivity index (χ4n) is 2.23. The topological polar surface area (TPSA) is 42.8 Å². The summed E-state index contributed by atoms with van der Waals surface area (Å²) in [5.74, 6) is -0.120. The van der Waals surface area contributed by atoms with Crippen LogP contribution >= 0.6 is 34.8 Å². The zero-order valence-corrected chi connectivity index (χ0v) is 13.1. The molecule has 0 radical (unpaired) electrons.